The first-order valence-corrected chi connectivity index (χ1v) is 4.77. The van der Waals surface area contributed by atoms with Gasteiger partial charge in [0.2, 0.25) is 0 Å². The Morgan fingerprint density at radius 3 is 2.47 bits per heavy atom. The van der Waals surface area contributed by atoms with E-state index < -0.39 is 6.09 Å². The molecule has 0 fully saturated rings. The Labute approximate surface area is 98.2 Å². The Morgan fingerprint density at radius 1 is 1.29 bits per heavy atom. The lowest BCUT2D eigenvalue weighted by molar-refractivity contribution is -0.131. The van der Waals surface area contributed by atoms with Crippen LogP contribution in [0.5, 0.6) is 5.75 Å². The number of esters is 1. The number of amides is 1. The average molecular weight is 236 g/mol. The first-order chi connectivity index (χ1) is 8.11. The first-order valence-electron chi connectivity index (χ1n) is 4.77. The molecule has 1 aromatic carbocycles. The molecule has 0 unspecified atom stereocenters. The summed E-state index contributed by atoms with van der Waals surface area (Å²) in [5.74, 6) is 0.0781. The normalized spacial score (nSPS) is 10.0. The zero-order chi connectivity index (χ0) is 12.7. The van der Waals surface area contributed by atoms with Crippen LogP contribution in [0.1, 0.15) is 12.5 Å². The molecule has 0 spiro atoms. The fourth-order valence-corrected chi connectivity index (χ4v) is 0.993. The number of benzene rings is 1. The Hall–Kier alpha value is -2.37. The second-order valence-corrected chi connectivity index (χ2v) is 3.02. The molecule has 6 heteroatoms. The molecule has 0 heterocycles. The Bertz CT molecular complexity index is 426. The lowest BCUT2D eigenvalue weighted by Gasteiger charge is -2.00. The predicted molar refractivity (Wildman–Crippen MR) is 60.9 cm³/mol. The van der Waals surface area contributed by atoms with E-state index in [4.69, 9.17) is 4.74 Å². The van der Waals surface area contributed by atoms with Crippen molar-refractivity contribution in [3.63, 3.8) is 0 Å². The average Bonchev–Trinajstić information content (AvgIpc) is 2.30. The maximum atomic E-state index is 10.7. The summed E-state index contributed by atoms with van der Waals surface area (Å²) in [5, 5.41) is 3.65. The summed E-state index contributed by atoms with van der Waals surface area (Å²) >= 11 is 0. The Kier molecular flexibility index (Phi) is 4.68. The summed E-state index contributed by atoms with van der Waals surface area (Å²) in [6, 6.07) is 6.64. The Morgan fingerprint density at radius 2 is 1.94 bits per heavy atom. The maximum Gasteiger partial charge on any atom is 0.427 e. The molecule has 0 aromatic heterocycles. The van der Waals surface area contributed by atoms with Crippen molar-refractivity contribution in [1.82, 2.24) is 5.43 Å². The molecule has 0 bridgehead atoms. The van der Waals surface area contributed by atoms with Crippen molar-refractivity contribution >= 4 is 18.3 Å². The van der Waals surface area contributed by atoms with E-state index in [1.54, 1.807) is 24.3 Å². The van der Waals surface area contributed by atoms with Crippen LogP contribution >= 0.6 is 0 Å². The quantitative estimate of drug-likeness (QED) is 0.371. The van der Waals surface area contributed by atoms with E-state index in [0.29, 0.717) is 5.75 Å². The third-order valence-corrected chi connectivity index (χ3v) is 1.70. The van der Waals surface area contributed by atoms with Gasteiger partial charge in [-0.1, -0.05) is 0 Å². The van der Waals surface area contributed by atoms with Crippen molar-refractivity contribution in [2.24, 2.45) is 5.10 Å². The number of methoxy groups -OCH3 is 1. The second-order valence-electron chi connectivity index (χ2n) is 3.02. The van der Waals surface area contributed by atoms with E-state index in [1.807, 2.05) is 0 Å². The molecule has 1 amide bonds. The van der Waals surface area contributed by atoms with Gasteiger partial charge in [-0.3, -0.25) is 4.79 Å². The van der Waals surface area contributed by atoms with Crippen LogP contribution in [0.15, 0.2) is 29.4 Å². The van der Waals surface area contributed by atoms with Crippen LogP contribution in [-0.4, -0.2) is 25.4 Å². The zero-order valence-corrected chi connectivity index (χ0v) is 9.47. The summed E-state index contributed by atoms with van der Waals surface area (Å²) in [5.41, 5.74) is 2.90. The third-order valence-electron chi connectivity index (χ3n) is 1.70. The molecule has 17 heavy (non-hydrogen) atoms. The summed E-state index contributed by atoms with van der Waals surface area (Å²) in [6.45, 7) is 1.33. The topological polar surface area (TPSA) is 77.0 Å². The van der Waals surface area contributed by atoms with Gasteiger partial charge in [0.25, 0.3) is 0 Å². The zero-order valence-electron chi connectivity index (χ0n) is 9.47. The Balaban J connectivity index is 2.56. The van der Waals surface area contributed by atoms with Gasteiger partial charge < -0.3 is 9.47 Å². The van der Waals surface area contributed by atoms with Gasteiger partial charge in [0.05, 0.1) is 13.3 Å². The molecule has 0 aliphatic heterocycles. The second kappa shape index (κ2) is 6.26. The van der Waals surface area contributed by atoms with E-state index in [-0.39, 0.29) is 5.97 Å². The number of hydrogen-bond donors (Lipinski definition) is 1. The van der Waals surface area contributed by atoms with Crippen LogP contribution in [0, 0.1) is 0 Å². The smallest absolute Gasteiger partial charge is 0.427 e. The van der Waals surface area contributed by atoms with E-state index >= 15 is 0 Å². The summed E-state index contributed by atoms with van der Waals surface area (Å²) < 4.78 is 9.19. The molecule has 90 valence electrons. The molecule has 1 aromatic rings. The molecule has 0 atom stereocenters. The van der Waals surface area contributed by atoms with Crippen LogP contribution in [0.4, 0.5) is 4.79 Å². The molecule has 1 N–H and O–H groups in total. The fourth-order valence-electron chi connectivity index (χ4n) is 0.993. The number of carbonyl (C=O) groups excluding carboxylic acids is 2. The predicted octanol–water partition coefficient (Wildman–Crippen LogP) is 1.30. The SMILES string of the molecule is COC(=O)N/N=C/c1ccc(OC(C)=O)cc1. The molecule has 0 radical (unpaired) electrons. The highest BCUT2D eigenvalue weighted by molar-refractivity contribution is 5.81. The first kappa shape index (κ1) is 12.7. The van der Waals surface area contributed by atoms with E-state index in [2.05, 4.69) is 15.3 Å². The van der Waals surface area contributed by atoms with Crippen molar-refractivity contribution in [2.45, 2.75) is 6.92 Å². The standard InChI is InChI=1S/C11H12N2O4/c1-8(14)17-10-5-3-9(4-6-10)7-12-13-11(15)16-2/h3-7H,1-2H3,(H,13,15)/b12-7+. The lowest BCUT2D eigenvalue weighted by Crippen LogP contribution is -2.16. The molecule has 0 aliphatic rings. The molecule has 0 aliphatic carbocycles. The summed E-state index contributed by atoms with van der Waals surface area (Å²) in [6.07, 6.45) is 0.798. The van der Waals surface area contributed by atoms with Crippen molar-refractivity contribution in [3.05, 3.63) is 29.8 Å². The van der Waals surface area contributed by atoms with Crippen molar-refractivity contribution in [3.8, 4) is 5.75 Å². The minimum absolute atomic E-state index is 0.376. The molecular weight excluding hydrogens is 224 g/mol. The van der Waals surface area contributed by atoms with E-state index in [0.717, 1.165) is 5.56 Å². The minimum Gasteiger partial charge on any atom is -0.452 e. The fraction of sp³-hybridized carbons (Fsp3) is 0.182. The lowest BCUT2D eigenvalue weighted by atomic mass is 10.2. The van der Waals surface area contributed by atoms with Gasteiger partial charge in [0.1, 0.15) is 5.75 Å². The van der Waals surface area contributed by atoms with Gasteiger partial charge in [-0.05, 0) is 29.8 Å². The van der Waals surface area contributed by atoms with Gasteiger partial charge >= 0.3 is 12.1 Å². The molecular formula is C11H12N2O4. The summed E-state index contributed by atoms with van der Waals surface area (Å²) in [4.78, 5) is 21.3. The largest absolute Gasteiger partial charge is 0.452 e. The highest BCUT2D eigenvalue weighted by atomic mass is 16.5. The number of nitrogens with one attached hydrogen (secondary N) is 1. The minimum atomic E-state index is -0.641. The molecule has 1 rings (SSSR count). The van der Waals surface area contributed by atoms with Gasteiger partial charge in [-0.2, -0.15) is 5.10 Å². The maximum absolute atomic E-state index is 10.7. The number of hydrogen-bond acceptors (Lipinski definition) is 5. The monoisotopic (exact) mass is 236 g/mol. The number of hydrazone groups is 1. The number of ether oxygens (including phenoxy) is 2. The third kappa shape index (κ3) is 4.78. The molecule has 6 nitrogen and oxygen atoms in total. The van der Waals surface area contributed by atoms with Crippen LogP contribution < -0.4 is 10.2 Å². The highest BCUT2D eigenvalue weighted by Crippen LogP contribution is 2.10. The van der Waals surface area contributed by atoms with Crippen LogP contribution in [0.2, 0.25) is 0 Å². The number of rotatable bonds is 3. The highest BCUT2D eigenvalue weighted by Gasteiger charge is 1.97. The van der Waals surface area contributed by atoms with Crippen molar-refractivity contribution < 1.29 is 19.1 Å². The van der Waals surface area contributed by atoms with Crippen molar-refractivity contribution in [2.75, 3.05) is 7.11 Å². The summed E-state index contributed by atoms with van der Waals surface area (Å²) in [7, 11) is 1.25. The van der Waals surface area contributed by atoms with E-state index in [1.165, 1.54) is 20.2 Å². The molecule has 0 saturated heterocycles. The number of nitrogens with zero attached hydrogens (tertiary/aromatic N) is 1. The van der Waals surface area contributed by atoms with Crippen LogP contribution in [0.25, 0.3) is 0 Å². The van der Waals surface area contributed by atoms with Gasteiger partial charge in [-0.25, -0.2) is 10.2 Å². The van der Waals surface area contributed by atoms with Gasteiger partial charge in [0.15, 0.2) is 0 Å². The van der Waals surface area contributed by atoms with Crippen LogP contribution in [0.3, 0.4) is 0 Å². The van der Waals surface area contributed by atoms with Crippen LogP contribution in [-0.2, 0) is 9.53 Å². The van der Waals surface area contributed by atoms with Gasteiger partial charge in [-0.15, -0.1) is 0 Å². The molecule has 0 saturated carbocycles. The van der Waals surface area contributed by atoms with E-state index in [9.17, 15) is 9.59 Å². The van der Waals surface area contributed by atoms with Gasteiger partial charge in [0, 0.05) is 6.92 Å². The van der Waals surface area contributed by atoms with Crippen molar-refractivity contribution in [1.29, 1.82) is 0 Å². The number of carbonyl (C=O) groups is 2.